The van der Waals surface area contributed by atoms with Crippen molar-refractivity contribution in [3.8, 4) is 11.5 Å². The van der Waals surface area contributed by atoms with Gasteiger partial charge in [0, 0.05) is 22.7 Å². The van der Waals surface area contributed by atoms with E-state index >= 15 is 0 Å². The fourth-order valence-corrected chi connectivity index (χ4v) is 4.51. The first-order chi connectivity index (χ1) is 18.5. The van der Waals surface area contributed by atoms with Gasteiger partial charge in [0.15, 0.2) is 0 Å². The zero-order valence-electron chi connectivity index (χ0n) is 21.3. The molecule has 1 heterocycles. The Balaban J connectivity index is 1.37. The third-order valence-electron chi connectivity index (χ3n) is 6.58. The average molecular weight is 512 g/mol. The number of methoxy groups -OCH3 is 1. The molecule has 1 aliphatic carbocycles. The van der Waals surface area contributed by atoms with Gasteiger partial charge >= 0.3 is 12.0 Å². The smallest absolute Gasteiger partial charge is 0.332 e. The number of carbonyl (C=O) groups is 2. The van der Waals surface area contributed by atoms with E-state index in [9.17, 15) is 9.59 Å². The van der Waals surface area contributed by atoms with Crippen molar-refractivity contribution in [3.05, 3.63) is 96.2 Å². The molecule has 1 saturated carbocycles. The van der Waals surface area contributed by atoms with Gasteiger partial charge in [0.25, 0.3) is 0 Å². The van der Waals surface area contributed by atoms with Crippen LogP contribution in [0.15, 0.2) is 84.9 Å². The minimum Gasteiger partial charge on any atom is -0.497 e. The highest BCUT2D eigenvalue weighted by Crippen LogP contribution is 2.52. The SMILES string of the molecule is CCOC(=O)C1(NC(=O)Nc2ccc(OC)cc2)CC1c1ccc2cccc(OCc3ccccc3)c2n1. The van der Waals surface area contributed by atoms with Crippen LogP contribution in [-0.2, 0) is 16.1 Å². The number of urea groups is 1. The standard InChI is InChI=1S/C30H29N3O5/c1-3-37-28(34)30(33-29(35)31-22-13-15-23(36-2)16-14-22)18-24(30)25-17-12-21-10-7-11-26(27(21)32-25)38-19-20-8-5-4-6-9-20/h4-17,24H,3,18-19H2,1-2H3,(H2,31,33,35). The summed E-state index contributed by atoms with van der Waals surface area (Å²) in [5, 5.41) is 6.56. The molecule has 0 bridgehead atoms. The van der Waals surface area contributed by atoms with Crippen molar-refractivity contribution in [1.82, 2.24) is 10.3 Å². The Kier molecular flexibility index (Phi) is 7.13. The van der Waals surface area contributed by atoms with Crippen LogP contribution < -0.4 is 20.1 Å². The van der Waals surface area contributed by atoms with Crippen LogP contribution in [-0.4, -0.2) is 36.2 Å². The van der Waals surface area contributed by atoms with E-state index in [-0.39, 0.29) is 12.5 Å². The highest BCUT2D eigenvalue weighted by Gasteiger charge is 2.64. The summed E-state index contributed by atoms with van der Waals surface area (Å²) < 4.78 is 16.6. The van der Waals surface area contributed by atoms with E-state index in [1.807, 2.05) is 60.7 Å². The summed E-state index contributed by atoms with van der Waals surface area (Å²) in [6, 6.07) is 26.0. The van der Waals surface area contributed by atoms with E-state index in [4.69, 9.17) is 19.2 Å². The number of benzene rings is 3. The Morgan fingerprint density at radius 1 is 0.974 bits per heavy atom. The number of pyridine rings is 1. The first kappa shape index (κ1) is 25.1. The summed E-state index contributed by atoms with van der Waals surface area (Å²) in [7, 11) is 1.57. The second kappa shape index (κ2) is 10.8. The van der Waals surface area contributed by atoms with Crippen LogP contribution in [0, 0.1) is 0 Å². The molecule has 0 saturated heterocycles. The van der Waals surface area contributed by atoms with Crippen molar-refractivity contribution < 1.29 is 23.8 Å². The lowest BCUT2D eigenvalue weighted by atomic mass is 10.1. The molecule has 2 N–H and O–H groups in total. The van der Waals surface area contributed by atoms with Gasteiger partial charge in [-0.3, -0.25) is 0 Å². The van der Waals surface area contributed by atoms with E-state index in [1.165, 1.54) is 0 Å². The lowest BCUT2D eigenvalue weighted by molar-refractivity contribution is -0.146. The monoisotopic (exact) mass is 511 g/mol. The Labute approximate surface area is 220 Å². The zero-order chi connectivity index (χ0) is 26.5. The Morgan fingerprint density at radius 3 is 2.50 bits per heavy atom. The number of aromatic nitrogens is 1. The Bertz CT molecular complexity index is 1440. The van der Waals surface area contributed by atoms with Crippen LogP contribution in [0.4, 0.5) is 10.5 Å². The first-order valence-corrected chi connectivity index (χ1v) is 12.5. The number of amides is 2. The van der Waals surface area contributed by atoms with Gasteiger partial charge in [-0.15, -0.1) is 0 Å². The Hall–Kier alpha value is -4.59. The maximum absolute atomic E-state index is 13.0. The molecular weight excluding hydrogens is 482 g/mol. The van der Waals surface area contributed by atoms with E-state index in [2.05, 4.69) is 10.6 Å². The van der Waals surface area contributed by atoms with Crippen LogP contribution in [0.25, 0.3) is 10.9 Å². The molecular formula is C30H29N3O5. The van der Waals surface area contributed by atoms with E-state index < -0.39 is 17.5 Å². The van der Waals surface area contributed by atoms with Crippen molar-refractivity contribution in [2.24, 2.45) is 0 Å². The van der Waals surface area contributed by atoms with Gasteiger partial charge in [0.05, 0.1) is 13.7 Å². The van der Waals surface area contributed by atoms with Crippen molar-refractivity contribution in [2.75, 3.05) is 19.0 Å². The summed E-state index contributed by atoms with van der Waals surface area (Å²) in [5.41, 5.74) is 1.81. The van der Waals surface area contributed by atoms with Gasteiger partial charge < -0.3 is 24.8 Å². The molecule has 8 heteroatoms. The molecule has 3 aromatic carbocycles. The lowest BCUT2D eigenvalue weighted by Crippen LogP contribution is -2.47. The number of nitrogens with zero attached hydrogens (tertiary/aromatic N) is 1. The molecule has 5 rings (SSSR count). The summed E-state index contributed by atoms with van der Waals surface area (Å²) in [4.78, 5) is 30.8. The van der Waals surface area contributed by atoms with Crippen LogP contribution in [0.5, 0.6) is 11.5 Å². The summed E-state index contributed by atoms with van der Waals surface area (Å²) in [6.07, 6.45) is 0.382. The molecule has 1 fully saturated rings. The van der Waals surface area contributed by atoms with Gasteiger partial charge in [-0.05, 0) is 55.3 Å². The molecule has 194 valence electrons. The molecule has 1 aliphatic rings. The molecule has 2 atom stereocenters. The molecule has 0 radical (unpaired) electrons. The number of nitrogens with one attached hydrogen (secondary N) is 2. The van der Waals surface area contributed by atoms with E-state index in [0.29, 0.717) is 41.4 Å². The van der Waals surface area contributed by atoms with E-state index in [0.717, 1.165) is 10.9 Å². The number of hydrogen-bond acceptors (Lipinski definition) is 6. The molecule has 2 amide bonds. The second-order valence-electron chi connectivity index (χ2n) is 9.09. The van der Waals surface area contributed by atoms with Crippen molar-refractivity contribution in [3.63, 3.8) is 0 Å². The lowest BCUT2D eigenvalue weighted by Gasteiger charge is -2.19. The number of fused-ring (bicyclic) bond motifs is 1. The highest BCUT2D eigenvalue weighted by atomic mass is 16.5. The zero-order valence-corrected chi connectivity index (χ0v) is 21.3. The maximum Gasteiger partial charge on any atom is 0.332 e. The summed E-state index contributed by atoms with van der Waals surface area (Å²) in [6.45, 7) is 2.36. The molecule has 1 aromatic heterocycles. The van der Waals surface area contributed by atoms with Crippen LogP contribution in [0.2, 0.25) is 0 Å². The highest BCUT2D eigenvalue weighted by molar-refractivity contribution is 5.97. The maximum atomic E-state index is 13.0. The van der Waals surface area contributed by atoms with Gasteiger partial charge in [-0.25, -0.2) is 14.6 Å². The summed E-state index contributed by atoms with van der Waals surface area (Å²) in [5.74, 6) is 0.511. The van der Waals surface area contributed by atoms with Crippen molar-refractivity contribution >= 4 is 28.6 Å². The predicted molar refractivity (Wildman–Crippen MR) is 144 cm³/mol. The van der Waals surface area contributed by atoms with Crippen LogP contribution >= 0.6 is 0 Å². The van der Waals surface area contributed by atoms with Crippen LogP contribution in [0.3, 0.4) is 0 Å². The Morgan fingerprint density at radius 2 is 1.76 bits per heavy atom. The van der Waals surface area contributed by atoms with Gasteiger partial charge in [-0.2, -0.15) is 0 Å². The third kappa shape index (κ3) is 5.25. The number of ether oxygens (including phenoxy) is 3. The molecule has 4 aromatic rings. The number of para-hydroxylation sites is 1. The van der Waals surface area contributed by atoms with Crippen LogP contribution in [0.1, 0.15) is 30.5 Å². The quantitative estimate of drug-likeness (QED) is 0.291. The summed E-state index contributed by atoms with van der Waals surface area (Å²) >= 11 is 0. The topological polar surface area (TPSA) is 98.8 Å². The third-order valence-corrected chi connectivity index (χ3v) is 6.58. The van der Waals surface area contributed by atoms with Gasteiger partial charge in [0.1, 0.15) is 29.2 Å². The number of hydrogen-bond donors (Lipinski definition) is 2. The van der Waals surface area contributed by atoms with Gasteiger partial charge in [0.2, 0.25) is 0 Å². The number of esters is 1. The normalized spacial score (nSPS) is 17.9. The van der Waals surface area contributed by atoms with Gasteiger partial charge in [-0.1, -0.05) is 48.5 Å². The average Bonchev–Trinajstić information content (AvgIpc) is 3.67. The van der Waals surface area contributed by atoms with Crippen molar-refractivity contribution in [1.29, 1.82) is 0 Å². The number of rotatable bonds is 9. The van der Waals surface area contributed by atoms with E-state index in [1.54, 1.807) is 38.3 Å². The fourth-order valence-electron chi connectivity index (χ4n) is 4.51. The largest absolute Gasteiger partial charge is 0.497 e. The molecule has 0 aliphatic heterocycles. The minimum absolute atomic E-state index is 0.206. The van der Waals surface area contributed by atoms with Crippen molar-refractivity contribution in [2.45, 2.75) is 31.4 Å². The predicted octanol–water partition coefficient (Wildman–Crippen LogP) is 5.43. The molecule has 0 spiro atoms. The molecule has 2 unspecified atom stereocenters. The molecule has 8 nitrogen and oxygen atoms in total. The fraction of sp³-hybridized carbons (Fsp3) is 0.233. The molecule has 38 heavy (non-hydrogen) atoms. The minimum atomic E-state index is -1.20. The number of carbonyl (C=O) groups excluding carboxylic acids is 2. The number of anilines is 1. The first-order valence-electron chi connectivity index (χ1n) is 12.5. The second-order valence-corrected chi connectivity index (χ2v) is 9.09.